The molecular weight excluding hydrogens is 246 g/mol. The van der Waals surface area contributed by atoms with E-state index in [4.69, 9.17) is 5.73 Å². The molecule has 20 heavy (non-hydrogen) atoms. The molecule has 1 aliphatic carbocycles. The van der Waals surface area contributed by atoms with Crippen LogP contribution in [0.1, 0.15) is 65.4 Å². The third-order valence-corrected chi connectivity index (χ3v) is 5.56. The highest BCUT2D eigenvalue weighted by Crippen LogP contribution is 2.43. The lowest BCUT2D eigenvalue weighted by atomic mass is 9.65. The highest BCUT2D eigenvalue weighted by molar-refractivity contribution is 5.11. The zero-order chi connectivity index (χ0) is 14.8. The molecule has 0 atom stereocenters. The van der Waals surface area contributed by atoms with E-state index in [1.54, 1.807) is 0 Å². The Morgan fingerprint density at radius 1 is 1.35 bits per heavy atom. The Balaban J connectivity index is 1.94. The van der Waals surface area contributed by atoms with Gasteiger partial charge in [0.05, 0.1) is 6.20 Å². The summed E-state index contributed by atoms with van der Waals surface area (Å²) in [7, 11) is 0. The molecule has 2 rings (SSSR count). The second-order valence-corrected chi connectivity index (χ2v) is 7.36. The Labute approximate surface area is 123 Å². The molecule has 1 fully saturated rings. The van der Waals surface area contributed by atoms with Crippen LogP contribution in [0, 0.1) is 11.3 Å². The van der Waals surface area contributed by atoms with Gasteiger partial charge in [-0.25, -0.2) is 0 Å². The highest BCUT2D eigenvalue weighted by atomic mass is 15.3. The first kappa shape index (κ1) is 15.6. The van der Waals surface area contributed by atoms with Gasteiger partial charge in [0.15, 0.2) is 0 Å². The summed E-state index contributed by atoms with van der Waals surface area (Å²) in [5.41, 5.74) is 8.40. The molecule has 1 aliphatic rings. The third-order valence-electron chi connectivity index (χ3n) is 5.56. The number of aromatic nitrogens is 2. The maximum absolute atomic E-state index is 6.65. The summed E-state index contributed by atoms with van der Waals surface area (Å²) < 4.78 is 1.99. The highest BCUT2D eigenvalue weighted by Gasteiger charge is 2.37. The molecule has 0 unspecified atom stereocenters. The predicted molar refractivity (Wildman–Crippen MR) is 84.6 cm³/mol. The second-order valence-electron chi connectivity index (χ2n) is 7.36. The maximum atomic E-state index is 6.65. The number of hydrogen-bond donors (Lipinski definition) is 1. The van der Waals surface area contributed by atoms with Crippen molar-refractivity contribution in [3.05, 3.63) is 18.0 Å². The Morgan fingerprint density at radius 2 is 2.00 bits per heavy atom. The zero-order valence-electron chi connectivity index (χ0n) is 13.7. The lowest BCUT2D eigenvalue weighted by molar-refractivity contribution is 0.115. The van der Waals surface area contributed by atoms with Gasteiger partial charge in [-0.05, 0) is 55.9 Å². The van der Waals surface area contributed by atoms with Gasteiger partial charge in [0.2, 0.25) is 0 Å². The smallest absolute Gasteiger partial charge is 0.0522 e. The van der Waals surface area contributed by atoms with Crippen molar-refractivity contribution in [2.45, 2.75) is 78.3 Å². The lowest BCUT2D eigenvalue weighted by Gasteiger charge is -2.43. The normalized spacial score (nSPS) is 27.8. The van der Waals surface area contributed by atoms with Crippen LogP contribution >= 0.6 is 0 Å². The first-order chi connectivity index (χ1) is 9.38. The van der Waals surface area contributed by atoms with Gasteiger partial charge >= 0.3 is 0 Å². The molecule has 0 amide bonds. The third kappa shape index (κ3) is 3.43. The van der Waals surface area contributed by atoms with E-state index in [1.165, 1.54) is 24.8 Å². The van der Waals surface area contributed by atoms with Crippen LogP contribution < -0.4 is 5.73 Å². The summed E-state index contributed by atoms with van der Waals surface area (Å²) in [5.74, 6) is 0.836. The van der Waals surface area contributed by atoms with E-state index in [0.717, 1.165) is 31.7 Å². The molecule has 1 aromatic rings. The van der Waals surface area contributed by atoms with E-state index in [0.29, 0.717) is 5.41 Å². The van der Waals surface area contributed by atoms with Crippen molar-refractivity contribution < 1.29 is 0 Å². The van der Waals surface area contributed by atoms with Crippen LogP contribution in [0.25, 0.3) is 0 Å². The molecule has 2 N–H and O–H groups in total. The van der Waals surface area contributed by atoms with Crippen LogP contribution in [0.2, 0.25) is 0 Å². The summed E-state index contributed by atoms with van der Waals surface area (Å²) in [6.45, 7) is 10.2. The molecule has 0 radical (unpaired) electrons. The van der Waals surface area contributed by atoms with Crippen molar-refractivity contribution in [2.75, 3.05) is 0 Å². The summed E-state index contributed by atoms with van der Waals surface area (Å²) >= 11 is 0. The quantitative estimate of drug-likeness (QED) is 0.890. The molecule has 1 heterocycles. The van der Waals surface area contributed by atoms with Crippen molar-refractivity contribution >= 4 is 0 Å². The topological polar surface area (TPSA) is 43.8 Å². The molecule has 0 aliphatic heterocycles. The number of nitrogens with two attached hydrogens (primary N) is 1. The molecule has 0 aromatic carbocycles. The predicted octanol–water partition coefficient (Wildman–Crippen LogP) is 3.77. The summed E-state index contributed by atoms with van der Waals surface area (Å²) in [6, 6.07) is 0. The Hall–Kier alpha value is -0.830. The maximum Gasteiger partial charge on any atom is 0.0522 e. The van der Waals surface area contributed by atoms with Crippen molar-refractivity contribution in [1.29, 1.82) is 0 Å². The first-order valence-electron chi connectivity index (χ1n) is 8.19. The fraction of sp³-hybridized carbons (Fsp3) is 0.824. The summed E-state index contributed by atoms with van der Waals surface area (Å²) in [4.78, 5) is 0. The number of hydrogen-bond acceptors (Lipinski definition) is 2. The van der Waals surface area contributed by atoms with Crippen LogP contribution in [-0.2, 0) is 13.0 Å². The van der Waals surface area contributed by atoms with Crippen molar-refractivity contribution in [1.82, 2.24) is 9.78 Å². The van der Waals surface area contributed by atoms with Crippen LogP contribution in [0.4, 0.5) is 0 Å². The van der Waals surface area contributed by atoms with Crippen LogP contribution in [0.5, 0.6) is 0 Å². The molecule has 1 aromatic heterocycles. The molecule has 114 valence electrons. The van der Waals surface area contributed by atoms with Crippen LogP contribution in [0.15, 0.2) is 12.4 Å². The van der Waals surface area contributed by atoms with E-state index >= 15 is 0 Å². The van der Waals surface area contributed by atoms with E-state index in [1.807, 2.05) is 10.9 Å². The van der Waals surface area contributed by atoms with Crippen LogP contribution in [-0.4, -0.2) is 15.3 Å². The Kier molecular flexibility index (Phi) is 4.58. The summed E-state index contributed by atoms with van der Waals surface area (Å²) in [6.07, 6.45) is 11.2. The standard InChI is InChI=1S/C17H31N3/c1-5-16(3,4)15-7-9-17(18,10-8-15)11-14-12-19-20(6-2)13-14/h12-13,15H,5-11,18H2,1-4H3. The van der Waals surface area contributed by atoms with E-state index < -0.39 is 0 Å². The molecule has 1 saturated carbocycles. The zero-order valence-corrected chi connectivity index (χ0v) is 13.7. The van der Waals surface area contributed by atoms with E-state index in [9.17, 15) is 0 Å². The van der Waals surface area contributed by atoms with Gasteiger partial charge in [-0.1, -0.05) is 27.2 Å². The molecule has 0 spiro atoms. The number of nitrogens with zero attached hydrogens (tertiary/aromatic N) is 2. The van der Waals surface area contributed by atoms with Gasteiger partial charge in [0, 0.05) is 18.3 Å². The fourth-order valence-corrected chi connectivity index (χ4v) is 3.52. The average Bonchev–Trinajstić information content (AvgIpc) is 2.86. The van der Waals surface area contributed by atoms with Gasteiger partial charge in [-0.15, -0.1) is 0 Å². The Morgan fingerprint density at radius 3 is 2.50 bits per heavy atom. The van der Waals surface area contributed by atoms with Gasteiger partial charge in [-0.2, -0.15) is 5.10 Å². The monoisotopic (exact) mass is 277 g/mol. The van der Waals surface area contributed by atoms with Crippen molar-refractivity contribution in [2.24, 2.45) is 17.1 Å². The van der Waals surface area contributed by atoms with Crippen molar-refractivity contribution in [3.8, 4) is 0 Å². The van der Waals surface area contributed by atoms with Gasteiger partial charge < -0.3 is 5.73 Å². The van der Waals surface area contributed by atoms with E-state index in [2.05, 4.69) is 39.0 Å². The molecule has 0 bridgehead atoms. The van der Waals surface area contributed by atoms with E-state index in [-0.39, 0.29) is 5.54 Å². The largest absolute Gasteiger partial charge is 0.325 e. The molecular formula is C17H31N3. The van der Waals surface area contributed by atoms with Crippen LogP contribution in [0.3, 0.4) is 0 Å². The minimum atomic E-state index is -0.0120. The Bertz CT molecular complexity index is 425. The average molecular weight is 277 g/mol. The summed E-state index contributed by atoms with van der Waals surface area (Å²) in [5, 5.41) is 4.36. The fourth-order valence-electron chi connectivity index (χ4n) is 3.52. The number of aryl methyl sites for hydroxylation is 1. The van der Waals surface area contributed by atoms with Gasteiger partial charge in [0.1, 0.15) is 0 Å². The van der Waals surface area contributed by atoms with Gasteiger partial charge in [-0.3, -0.25) is 4.68 Å². The van der Waals surface area contributed by atoms with Gasteiger partial charge in [0.25, 0.3) is 0 Å². The number of rotatable bonds is 5. The molecule has 0 saturated heterocycles. The minimum absolute atomic E-state index is 0.0120. The van der Waals surface area contributed by atoms with Crippen molar-refractivity contribution in [3.63, 3.8) is 0 Å². The molecule has 3 nitrogen and oxygen atoms in total. The lowest BCUT2D eigenvalue weighted by Crippen LogP contribution is -2.47. The minimum Gasteiger partial charge on any atom is -0.325 e. The SMILES string of the molecule is CCn1cc(CC2(N)CCC(C(C)(C)CC)CC2)cn1. The molecule has 3 heteroatoms. The second kappa shape index (κ2) is 5.88. The first-order valence-corrected chi connectivity index (χ1v) is 8.19.